The molecule has 0 saturated heterocycles. The molecule has 2 aromatic carbocycles. The zero-order valence-electron chi connectivity index (χ0n) is 10.4. The number of hydrogen-bond donors (Lipinski definition) is 2. The van der Waals surface area contributed by atoms with Crippen LogP contribution >= 0.6 is 12.4 Å². The highest BCUT2D eigenvalue weighted by Gasteiger charge is 2.17. The monoisotopic (exact) mass is 281 g/mol. The summed E-state index contributed by atoms with van der Waals surface area (Å²) < 4.78 is 12.8. The van der Waals surface area contributed by atoms with Crippen LogP contribution in [0.3, 0.4) is 0 Å². The first kappa shape index (κ1) is 15.6. The number of halogens is 2. The van der Waals surface area contributed by atoms with Crippen molar-refractivity contribution in [2.24, 2.45) is 5.73 Å². The molecule has 2 nitrogen and oxygen atoms in total. The maximum absolute atomic E-state index is 12.8. The lowest BCUT2D eigenvalue weighted by molar-refractivity contribution is 0.145. The van der Waals surface area contributed by atoms with Crippen LogP contribution in [0.25, 0.3) is 0 Å². The van der Waals surface area contributed by atoms with Gasteiger partial charge in [-0.05, 0) is 23.3 Å². The largest absolute Gasteiger partial charge is 0.391 e. The van der Waals surface area contributed by atoms with Gasteiger partial charge in [0.1, 0.15) is 5.82 Å². The second-order valence-corrected chi connectivity index (χ2v) is 4.33. The molecular weight excluding hydrogens is 265 g/mol. The summed E-state index contributed by atoms with van der Waals surface area (Å²) in [5.74, 6) is -0.302. The van der Waals surface area contributed by atoms with Crippen LogP contribution in [0.4, 0.5) is 4.39 Å². The lowest BCUT2D eigenvalue weighted by Gasteiger charge is -2.19. The summed E-state index contributed by atoms with van der Waals surface area (Å²) in [5, 5.41) is 10.1. The van der Waals surface area contributed by atoms with Gasteiger partial charge >= 0.3 is 0 Å². The lowest BCUT2D eigenvalue weighted by Crippen LogP contribution is -2.28. The van der Waals surface area contributed by atoms with Gasteiger partial charge in [0.15, 0.2) is 0 Å². The summed E-state index contributed by atoms with van der Waals surface area (Å²) >= 11 is 0. The van der Waals surface area contributed by atoms with Crippen molar-refractivity contribution < 1.29 is 9.50 Å². The number of benzene rings is 2. The lowest BCUT2D eigenvalue weighted by atomic mass is 9.97. The van der Waals surface area contributed by atoms with Crippen molar-refractivity contribution in [3.8, 4) is 0 Å². The van der Waals surface area contributed by atoms with E-state index >= 15 is 0 Å². The van der Waals surface area contributed by atoms with Crippen molar-refractivity contribution in [2.75, 3.05) is 0 Å². The summed E-state index contributed by atoms with van der Waals surface area (Å²) in [5.41, 5.74) is 7.73. The molecule has 2 rings (SSSR count). The van der Waals surface area contributed by atoms with E-state index in [4.69, 9.17) is 5.73 Å². The predicted octanol–water partition coefficient (Wildman–Crippen LogP) is 2.85. The van der Waals surface area contributed by atoms with Crippen molar-refractivity contribution in [3.63, 3.8) is 0 Å². The fourth-order valence-electron chi connectivity index (χ4n) is 1.89. The van der Waals surface area contributed by atoms with Crippen LogP contribution in [-0.2, 0) is 6.42 Å². The van der Waals surface area contributed by atoms with Crippen LogP contribution in [0.1, 0.15) is 17.2 Å². The highest BCUT2D eigenvalue weighted by atomic mass is 35.5. The third-order valence-corrected chi connectivity index (χ3v) is 2.96. The van der Waals surface area contributed by atoms with Gasteiger partial charge in [0.2, 0.25) is 0 Å². The molecule has 3 N–H and O–H groups in total. The highest BCUT2D eigenvalue weighted by molar-refractivity contribution is 5.85. The molecule has 0 radical (unpaired) electrons. The topological polar surface area (TPSA) is 46.2 Å². The molecule has 0 aliphatic heterocycles. The first-order valence-corrected chi connectivity index (χ1v) is 5.90. The maximum Gasteiger partial charge on any atom is 0.123 e. The average Bonchev–Trinajstić information content (AvgIpc) is 2.40. The SMILES string of the molecule is Cl.N[C@H](c1ccc(F)cc1)[C@@H](O)Cc1ccccc1. The van der Waals surface area contributed by atoms with E-state index in [9.17, 15) is 9.50 Å². The second kappa shape index (κ2) is 7.24. The standard InChI is InChI=1S/C15H16FNO.ClH/c16-13-8-6-12(7-9-13)15(17)14(18)10-11-4-2-1-3-5-11;/h1-9,14-15,18H,10,17H2;1H/t14-,15+;/m0./s1. The zero-order chi connectivity index (χ0) is 13.0. The Hall–Kier alpha value is -1.42. The summed E-state index contributed by atoms with van der Waals surface area (Å²) in [7, 11) is 0. The van der Waals surface area contributed by atoms with Crippen molar-refractivity contribution >= 4 is 12.4 Å². The van der Waals surface area contributed by atoms with Gasteiger partial charge in [-0.15, -0.1) is 12.4 Å². The van der Waals surface area contributed by atoms with Gasteiger partial charge in [0.05, 0.1) is 12.1 Å². The van der Waals surface area contributed by atoms with Crippen LogP contribution in [0, 0.1) is 5.82 Å². The molecule has 0 aliphatic carbocycles. The Kier molecular flexibility index (Phi) is 5.96. The van der Waals surface area contributed by atoms with E-state index in [0.717, 1.165) is 11.1 Å². The van der Waals surface area contributed by atoms with E-state index in [2.05, 4.69) is 0 Å². The summed E-state index contributed by atoms with van der Waals surface area (Å²) in [4.78, 5) is 0. The normalized spacial score (nSPS) is 13.4. The van der Waals surface area contributed by atoms with Gasteiger partial charge in [0, 0.05) is 6.42 Å². The molecule has 0 spiro atoms. The van der Waals surface area contributed by atoms with Crippen molar-refractivity contribution in [2.45, 2.75) is 18.6 Å². The van der Waals surface area contributed by atoms with Crippen LogP contribution in [0.15, 0.2) is 54.6 Å². The molecule has 0 aliphatic rings. The van der Waals surface area contributed by atoms with E-state index in [0.29, 0.717) is 6.42 Å². The first-order valence-electron chi connectivity index (χ1n) is 5.90. The van der Waals surface area contributed by atoms with Crippen LogP contribution in [0.5, 0.6) is 0 Å². The van der Waals surface area contributed by atoms with Gasteiger partial charge < -0.3 is 10.8 Å². The van der Waals surface area contributed by atoms with E-state index in [1.807, 2.05) is 30.3 Å². The molecule has 0 fully saturated rings. The number of aliphatic hydroxyl groups excluding tert-OH is 1. The summed E-state index contributed by atoms with van der Waals surface area (Å²) in [6.45, 7) is 0. The summed E-state index contributed by atoms with van der Waals surface area (Å²) in [6.07, 6.45) is -0.197. The van der Waals surface area contributed by atoms with E-state index in [1.165, 1.54) is 12.1 Å². The quantitative estimate of drug-likeness (QED) is 0.905. The Balaban J connectivity index is 0.00000180. The summed E-state index contributed by atoms with van der Waals surface area (Å²) in [6, 6.07) is 15.1. The van der Waals surface area contributed by atoms with Crippen LogP contribution < -0.4 is 5.73 Å². The third kappa shape index (κ3) is 4.31. The second-order valence-electron chi connectivity index (χ2n) is 4.33. The van der Waals surface area contributed by atoms with Gasteiger partial charge in [0.25, 0.3) is 0 Å². The molecule has 19 heavy (non-hydrogen) atoms. The van der Waals surface area contributed by atoms with Crippen molar-refractivity contribution in [1.29, 1.82) is 0 Å². The number of nitrogens with two attached hydrogens (primary N) is 1. The van der Waals surface area contributed by atoms with Gasteiger partial charge in [-0.2, -0.15) is 0 Å². The van der Waals surface area contributed by atoms with Crippen molar-refractivity contribution in [3.05, 3.63) is 71.5 Å². The molecule has 0 amide bonds. The fourth-order valence-corrected chi connectivity index (χ4v) is 1.89. The Bertz CT molecular complexity index is 489. The predicted molar refractivity (Wildman–Crippen MR) is 76.7 cm³/mol. The van der Waals surface area contributed by atoms with E-state index in [1.54, 1.807) is 12.1 Å². The Morgan fingerprint density at radius 1 is 1.00 bits per heavy atom. The third-order valence-electron chi connectivity index (χ3n) is 2.96. The zero-order valence-corrected chi connectivity index (χ0v) is 11.2. The van der Waals surface area contributed by atoms with Gasteiger partial charge in [-0.25, -0.2) is 4.39 Å². The molecule has 0 aromatic heterocycles. The molecule has 0 saturated carbocycles. The molecular formula is C15H17ClFNO. The molecule has 0 unspecified atom stereocenters. The van der Waals surface area contributed by atoms with Crippen molar-refractivity contribution in [1.82, 2.24) is 0 Å². The molecule has 102 valence electrons. The van der Waals surface area contributed by atoms with Crippen LogP contribution in [0.2, 0.25) is 0 Å². The minimum Gasteiger partial charge on any atom is -0.391 e. The first-order chi connectivity index (χ1) is 8.66. The van der Waals surface area contributed by atoms with Crippen LogP contribution in [-0.4, -0.2) is 11.2 Å². The van der Waals surface area contributed by atoms with Gasteiger partial charge in [-0.3, -0.25) is 0 Å². The fraction of sp³-hybridized carbons (Fsp3) is 0.200. The molecule has 4 heteroatoms. The molecule has 0 heterocycles. The number of hydrogen-bond acceptors (Lipinski definition) is 2. The molecule has 2 atom stereocenters. The molecule has 2 aromatic rings. The highest BCUT2D eigenvalue weighted by Crippen LogP contribution is 2.17. The Morgan fingerprint density at radius 3 is 2.16 bits per heavy atom. The van der Waals surface area contributed by atoms with E-state index in [-0.39, 0.29) is 18.2 Å². The number of aliphatic hydroxyl groups is 1. The minimum absolute atomic E-state index is 0. The average molecular weight is 282 g/mol. The smallest absolute Gasteiger partial charge is 0.123 e. The van der Waals surface area contributed by atoms with E-state index < -0.39 is 12.1 Å². The Labute approximate surface area is 118 Å². The van der Waals surface area contributed by atoms with Gasteiger partial charge in [-0.1, -0.05) is 42.5 Å². The minimum atomic E-state index is -0.683. The Morgan fingerprint density at radius 2 is 1.58 bits per heavy atom. The maximum atomic E-state index is 12.8. The molecule has 0 bridgehead atoms. The number of rotatable bonds is 4.